The quantitative estimate of drug-likeness (QED) is 0.357. The number of ether oxygens (including phenoxy) is 3. The van der Waals surface area contributed by atoms with E-state index in [1.54, 1.807) is 84.0 Å². The molecule has 1 amide bonds. The fraction of sp³-hybridized carbons (Fsp3) is 0.407. The summed E-state index contributed by atoms with van der Waals surface area (Å²) in [4.78, 5) is 45.4. The number of carbonyl (C=O) groups excluding carboxylic acids is 2. The normalized spacial score (nSPS) is 11.7. The van der Waals surface area contributed by atoms with Crippen molar-refractivity contribution in [2.75, 3.05) is 19.0 Å². The van der Waals surface area contributed by atoms with Gasteiger partial charge in [-0.2, -0.15) is 0 Å². The highest BCUT2D eigenvalue weighted by Crippen LogP contribution is 2.24. The number of hydrogen-bond donors (Lipinski definition) is 4. The Morgan fingerprint density at radius 1 is 0.868 bits per heavy atom. The number of rotatable bonds is 8. The van der Waals surface area contributed by atoms with E-state index in [0.29, 0.717) is 17.0 Å². The van der Waals surface area contributed by atoms with Crippen LogP contribution in [-0.4, -0.2) is 59.1 Å². The van der Waals surface area contributed by atoms with Crippen LogP contribution in [-0.2, 0) is 19.1 Å². The number of anilines is 1. The number of aliphatic carboxylic acids is 2. The van der Waals surface area contributed by atoms with Gasteiger partial charge in [-0.1, -0.05) is 30.3 Å². The first-order valence-corrected chi connectivity index (χ1v) is 11.7. The summed E-state index contributed by atoms with van der Waals surface area (Å²) in [5.74, 6) is -2.20. The van der Waals surface area contributed by atoms with Gasteiger partial charge in [0.25, 0.3) is 0 Å². The fourth-order valence-electron chi connectivity index (χ4n) is 2.84. The molecule has 2 rings (SSSR count). The van der Waals surface area contributed by atoms with Crippen LogP contribution in [0.2, 0.25) is 0 Å². The van der Waals surface area contributed by atoms with Gasteiger partial charge in [-0.3, -0.25) is 4.79 Å². The van der Waals surface area contributed by atoms with Crippen molar-refractivity contribution in [1.29, 1.82) is 0 Å². The van der Waals surface area contributed by atoms with Gasteiger partial charge in [0.1, 0.15) is 23.5 Å². The molecule has 0 aliphatic heterocycles. The maximum atomic E-state index is 12.1. The number of methoxy groups -OCH3 is 1. The number of carbonyl (C=O) groups is 4. The van der Waals surface area contributed by atoms with Gasteiger partial charge in [-0.05, 0) is 65.3 Å². The Morgan fingerprint density at radius 2 is 1.45 bits per heavy atom. The molecule has 0 heterocycles. The number of carboxylic acids is 2. The zero-order valence-corrected chi connectivity index (χ0v) is 22.7. The van der Waals surface area contributed by atoms with Gasteiger partial charge in [0.2, 0.25) is 0 Å². The molecule has 0 aromatic heterocycles. The molecule has 38 heavy (non-hydrogen) atoms. The average molecular weight is 533 g/mol. The Balaban J connectivity index is 0.000000382. The zero-order valence-electron chi connectivity index (χ0n) is 22.7. The van der Waals surface area contributed by atoms with Crippen molar-refractivity contribution >= 4 is 29.7 Å². The van der Waals surface area contributed by atoms with Crippen LogP contribution in [0.15, 0.2) is 48.5 Å². The van der Waals surface area contributed by atoms with Crippen molar-refractivity contribution in [2.24, 2.45) is 0 Å². The Kier molecular flexibility index (Phi) is 11.6. The maximum absolute atomic E-state index is 12.1. The van der Waals surface area contributed by atoms with Crippen molar-refractivity contribution in [2.45, 2.75) is 58.8 Å². The van der Waals surface area contributed by atoms with E-state index in [0.717, 1.165) is 0 Å². The monoisotopic (exact) mass is 532 g/mol. The third-order valence-electron chi connectivity index (χ3n) is 4.32. The Hall–Kier alpha value is -4.28. The second kappa shape index (κ2) is 13.9. The average Bonchev–Trinajstić information content (AvgIpc) is 2.79. The second-order valence-corrected chi connectivity index (χ2v) is 9.99. The lowest BCUT2D eigenvalue weighted by Crippen LogP contribution is -2.38. The molecule has 11 heteroatoms. The molecule has 0 radical (unpaired) electrons. The lowest BCUT2D eigenvalue weighted by molar-refractivity contribution is -0.139. The highest BCUT2D eigenvalue weighted by atomic mass is 16.6. The summed E-state index contributed by atoms with van der Waals surface area (Å²) in [5.41, 5.74) is -0.174. The molecular weight excluding hydrogens is 496 g/mol. The topological polar surface area (TPSA) is 160 Å². The van der Waals surface area contributed by atoms with E-state index in [2.05, 4.69) is 10.6 Å². The Bertz CT molecular complexity index is 1100. The molecule has 2 aromatic rings. The molecule has 2 aromatic carbocycles. The molecule has 0 spiro atoms. The first-order valence-electron chi connectivity index (χ1n) is 11.7. The molecule has 1 atom stereocenters. The van der Waals surface area contributed by atoms with E-state index in [1.165, 1.54) is 13.2 Å². The number of hydrogen-bond acceptors (Lipinski definition) is 8. The van der Waals surface area contributed by atoms with Crippen LogP contribution in [0.3, 0.4) is 0 Å². The van der Waals surface area contributed by atoms with E-state index in [-0.39, 0.29) is 12.1 Å². The van der Waals surface area contributed by atoms with Gasteiger partial charge in [0.15, 0.2) is 6.04 Å². The van der Waals surface area contributed by atoms with Gasteiger partial charge in [0.05, 0.1) is 12.7 Å². The highest BCUT2D eigenvalue weighted by Gasteiger charge is 2.25. The molecule has 0 aliphatic rings. The molecular formula is C27H36N2O9. The van der Waals surface area contributed by atoms with Crippen LogP contribution in [0.4, 0.5) is 10.5 Å². The Morgan fingerprint density at radius 3 is 1.92 bits per heavy atom. The van der Waals surface area contributed by atoms with Crippen LogP contribution in [0, 0.1) is 0 Å². The molecule has 208 valence electrons. The third kappa shape index (κ3) is 12.1. The predicted molar refractivity (Wildman–Crippen MR) is 140 cm³/mol. The lowest BCUT2D eigenvalue weighted by atomic mass is 10.1. The molecule has 0 unspecified atom stereocenters. The zero-order chi connectivity index (χ0) is 29.1. The van der Waals surface area contributed by atoms with E-state index < -0.39 is 41.2 Å². The van der Waals surface area contributed by atoms with Gasteiger partial charge >= 0.3 is 24.0 Å². The van der Waals surface area contributed by atoms with Gasteiger partial charge in [0, 0.05) is 5.69 Å². The summed E-state index contributed by atoms with van der Waals surface area (Å²) < 4.78 is 15.4. The SMILES string of the molecule is CC(C)(C)OC(=O)N[C@@H](C(=O)O)c1ccccc1.COc1ccc(NCC(=O)O)c(C(=O)OC(C)(C)C)c1. The second-order valence-electron chi connectivity index (χ2n) is 9.99. The number of alkyl carbamates (subject to hydrolysis) is 1. The fourth-order valence-corrected chi connectivity index (χ4v) is 2.84. The molecule has 0 saturated carbocycles. The number of esters is 1. The maximum Gasteiger partial charge on any atom is 0.408 e. The minimum atomic E-state index is -1.13. The number of nitrogens with one attached hydrogen (secondary N) is 2. The van der Waals surface area contributed by atoms with E-state index >= 15 is 0 Å². The first-order chi connectivity index (χ1) is 17.5. The van der Waals surface area contributed by atoms with Crippen LogP contribution in [0.1, 0.15) is 63.5 Å². The smallest absolute Gasteiger partial charge is 0.408 e. The van der Waals surface area contributed by atoms with E-state index in [4.69, 9.17) is 24.4 Å². The van der Waals surface area contributed by atoms with Crippen molar-refractivity contribution in [3.05, 3.63) is 59.7 Å². The highest BCUT2D eigenvalue weighted by molar-refractivity contribution is 5.97. The van der Waals surface area contributed by atoms with Crippen LogP contribution in [0.25, 0.3) is 0 Å². The van der Waals surface area contributed by atoms with Crippen molar-refractivity contribution in [3.8, 4) is 5.75 Å². The van der Waals surface area contributed by atoms with Crippen LogP contribution >= 0.6 is 0 Å². The molecule has 0 bridgehead atoms. The third-order valence-corrected chi connectivity index (χ3v) is 4.32. The van der Waals surface area contributed by atoms with Gasteiger partial charge in [-0.15, -0.1) is 0 Å². The van der Waals surface area contributed by atoms with Crippen LogP contribution in [0.5, 0.6) is 5.75 Å². The molecule has 4 N–H and O–H groups in total. The predicted octanol–water partition coefficient (Wildman–Crippen LogP) is 4.48. The number of carboxylic acid groups (broad SMARTS) is 2. The first kappa shape index (κ1) is 31.7. The summed E-state index contributed by atoms with van der Waals surface area (Å²) in [7, 11) is 1.48. The Labute approximate surface area is 222 Å². The van der Waals surface area contributed by atoms with E-state index in [9.17, 15) is 19.2 Å². The van der Waals surface area contributed by atoms with Gasteiger partial charge in [-0.25, -0.2) is 14.4 Å². The summed E-state index contributed by atoms with van der Waals surface area (Å²) in [6.45, 7) is 10.1. The summed E-state index contributed by atoms with van der Waals surface area (Å²) in [5, 5.41) is 22.8. The minimum absolute atomic E-state index is 0.237. The summed E-state index contributed by atoms with van der Waals surface area (Å²) >= 11 is 0. The molecule has 0 fully saturated rings. The van der Waals surface area contributed by atoms with Crippen LogP contribution < -0.4 is 15.4 Å². The largest absolute Gasteiger partial charge is 0.497 e. The van der Waals surface area contributed by atoms with Crippen molar-refractivity contribution in [3.63, 3.8) is 0 Å². The number of benzene rings is 2. The summed E-state index contributed by atoms with van der Waals surface area (Å²) in [6, 6.07) is 12.1. The number of amides is 1. The standard InChI is InChI=1S/C14H19NO5.C13H17NO4/c1-14(2,3)20-13(18)10-7-9(19-4)5-6-11(10)15-8-12(16)17;1-13(2,3)18-12(17)14-10(11(15)16)9-7-5-4-6-8-9/h5-7,15H,8H2,1-4H3,(H,16,17);4-8,10H,1-3H3,(H,14,17)(H,15,16)/t;10-/m.1/s1. The van der Waals surface area contributed by atoms with Crippen molar-refractivity contribution in [1.82, 2.24) is 5.32 Å². The lowest BCUT2D eigenvalue weighted by Gasteiger charge is -2.22. The molecule has 0 saturated heterocycles. The van der Waals surface area contributed by atoms with Gasteiger partial charge < -0.3 is 35.1 Å². The molecule has 11 nitrogen and oxygen atoms in total. The minimum Gasteiger partial charge on any atom is -0.497 e. The molecule has 0 aliphatic carbocycles. The summed E-state index contributed by atoms with van der Waals surface area (Å²) in [6.07, 6.45) is -0.751. The van der Waals surface area contributed by atoms with Crippen molar-refractivity contribution < 1.29 is 43.6 Å². The van der Waals surface area contributed by atoms with E-state index in [1.807, 2.05) is 0 Å².